The van der Waals surface area contributed by atoms with E-state index in [4.69, 9.17) is 16.3 Å². The minimum atomic E-state index is -1.04. The van der Waals surface area contributed by atoms with Crippen LogP contribution in [0.4, 0.5) is 11.4 Å². The van der Waals surface area contributed by atoms with Gasteiger partial charge in [-0.05, 0) is 46.9 Å². The first kappa shape index (κ1) is 28.3. The summed E-state index contributed by atoms with van der Waals surface area (Å²) in [5, 5.41) is 6.19. The molecule has 7 nitrogen and oxygen atoms in total. The second-order valence-electron chi connectivity index (χ2n) is 11.0. The van der Waals surface area contributed by atoms with Crippen LogP contribution in [0.2, 0.25) is 5.02 Å². The molecule has 39 heavy (non-hydrogen) atoms. The Hall–Kier alpha value is -3.68. The average molecular weight is 548 g/mol. The smallest absolute Gasteiger partial charge is 0.256 e. The van der Waals surface area contributed by atoms with E-state index in [2.05, 4.69) is 31.4 Å². The number of rotatable bonds is 7. The zero-order chi connectivity index (χ0) is 28.2. The van der Waals surface area contributed by atoms with Crippen LogP contribution in [0.3, 0.4) is 0 Å². The molecule has 1 aliphatic heterocycles. The third kappa shape index (κ3) is 7.46. The maximum absolute atomic E-state index is 14.0. The minimum Gasteiger partial charge on any atom is -0.355 e. The van der Waals surface area contributed by atoms with Crippen molar-refractivity contribution in [1.29, 1.82) is 0 Å². The largest absolute Gasteiger partial charge is 0.355 e. The summed E-state index contributed by atoms with van der Waals surface area (Å²) in [6, 6.07) is 22.2. The topological polar surface area (TPSA) is 87.7 Å². The van der Waals surface area contributed by atoms with Gasteiger partial charge in [0, 0.05) is 42.0 Å². The number of nitrogens with zero attached hydrogens (tertiary/aromatic N) is 1. The first-order valence-electron chi connectivity index (χ1n) is 12.9. The Kier molecular flexibility index (Phi) is 8.73. The van der Waals surface area contributed by atoms with Crippen molar-refractivity contribution >= 4 is 40.7 Å². The van der Waals surface area contributed by atoms with Crippen LogP contribution in [0.5, 0.6) is 0 Å². The van der Waals surface area contributed by atoms with Gasteiger partial charge in [0.15, 0.2) is 0 Å². The van der Waals surface area contributed by atoms with Crippen LogP contribution in [-0.4, -0.2) is 30.4 Å². The Bertz CT molecular complexity index is 1350. The third-order valence-corrected chi connectivity index (χ3v) is 6.50. The van der Waals surface area contributed by atoms with Gasteiger partial charge >= 0.3 is 0 Å². The van der Waals surface area contributed by atoms with Gasteiger partial charge in [-0.1, -0.05) is 74.8 Å². The molecule has 8 heteroatoms. The maximum Gasteiger partial charge on any atom is 0.256 e. The predicted octanol–water partition coefficient (Wildman–Crippen LogP) is 5.87. The molecule has 0 fully saturated rings. The normalized spacial score (nSPS) is 17.3. The minimum absolute atomic E-state index is 0.129. The summed E-state index contributed by atoms with van der Waals surface area (Å²) in [6.45, 7) is 8.42. The number of hydrogen-bond acceptors (Lipinski definition) is 4. The number of carbonyl (C=O) groups is 3. The number of nitrogens with one attached hydrogen (secondary N) is 2. The second-order valence-corrected chi connectivity index (χ2v) is 11.4. The van der Waals surface area contributed by atoms with Crippen molar-refractivity contribution in [3.8, 4) is 0 Å². The molecule has 0 radical (unpaired) electrons. The fraction of sp³-hybridized carbons (Fsp3) is 0.323. The summed E-state index contributed by atoms with van der Waals surface area (Å²) in [7, 11) is 0. The molecule has 0 aliphatic carbocycles. The number of para-hydroxylation sites is 1. The Morgan fingerprint density at radius 3 is 2.44 bits per heavy atom. The summed E-state index contributed by atoms with van der Waals surface area (Å²) in [5.41, 5.74) is 3.54. The fourth-order valence-corrected chi connectivity index (χ4v) is 4.78. The highest BCUT2D eigenvalue weighted by Gasteiger charge is 2.39. The lowest BCUT2D eigenvalue weighted by molar-refractivity contribution is -0.136. The van der Waals surface area contributed by atoms with Crippen molar-refractivity contribution in [2.45, 2.75) is 52.9 Å². The predicted molar refractivity (Wildman–Crippen MR) is 154 cm³/mol. The molecule has 3 amide bonds. The number of benzene rings is 3. The van der Waals surface area contributed by atoms with Gasteiger partial charge in [0.1, 0.15) is 12.2 Å². The van der Waals surface area contributed by atoms with E-state index in [0.29, 0.717) is 29.5 Å². The van der Waals surface area contributed by atoms with Gasteiger partial charge in [-0.25, -0.2) is 0 Å². The van der Waals surface area contributed by atoms with Crippen LogP contribution < -0.4 is 15.5 Å². The van der Waals surface area contributed by atoms with E-state index in [0.717, 1.165) is 16.7 Å². The number of fused-ring (bicyclic) bond motifs is 1. The van der Waals surface area contributed by atoms with E-state index in [9.17, 15) is 14.4 Å². The summed E-state index contributed by atoms with van der Waals surface area (Å²) in [5.74, 6) is -0.734. The molecular weight excluding hydrogens is 514 g/mol. The highest BCUT2D eigenvalue weighted by Crippen LogP contribution is 2.41. The van der Waals surface area contributed by atoms with Gasteiger partial charge < -0.3 is 20.3 Å². The molecule has 0 spiro atoms. The summed E-state index contributed by atoms with van der Waals surface area (Å²) < 4.78 is 6.53. The number of hydrogen-bond donors (Lipinski definition) is 2. The molecule has 3 aromatic carbocycles. The fourth-order valence-electron chi connectivity index (χ4n) is 4.60. The second kappa shape index (κ2) is 12.0. The molecule has 0 bridgehead atoms. The Morgan fingerprint density at radius 2 is 1.74 bits per heavy atom. The monoisotopic (exact) mass is 547 g/mol. The van der Waals surface area contributed by atoms with Gasteiger partial charge in [0.25, 0.3) is 5.91 Å². The zero-order valence-corrected chi connectivity index (χ0v) is 23.4. The molecule has 0 saturated heterocycles. The molecule has 1 heterocycles. The first-order valence-corrected chi connectivity index (χ1v) is 13.3. The highest BCUT2D eigenvalue weighted by atomic mass is 35.5. The summed E-state index contributed by atoms with van der Waals surface area (Å²) in [6.07, 6.45) is -1.86. The highest BCUT2D eigenvalue weighted by molar-refractivity contribution is 6.30. The molecule has 204 valence electrons. The number of carbonyl (C=O) groups excluding carboxylic acids is 3. The zero-order valence-electron chi connectivity index (χ0n) is 22.7. The van der Waals surface area contributed by atoms with Crippen molar-refractivity contribution < 1.29 is 19.1 Å². The number of ether oxygens (including phenoxy) is 1. The van der Waals surface area contributed by atoms with Gasteiger partial charge in [0.2, 0.25) is 11.8 Å². The molecule has 4 rings (SSSR count). The van der Waals surface area contributed by atoms with Crippen LogP contribution in [0.1, 0.15) is 56.9 Å². The number of anilines is 2. The Labute approximate surface area is 234 Å². The van der Waals surface area contributed by atoms with Crippen molar-refractivity contribution in [1.82, 2.24) is 5.32 Å². The van der Waals surface area contributed by atoms with Crippen LogP contribution in [0.15, 0.2) is 72.8 Å². The van der Waals surface area contributed by atoms with E-state index in [-0.39, 0.29) is 29.6 Å². The molecule has 0 saturated carbocycles. The lowest BCUT2D eigenvalue weighted by Crippen LogP contribution is -2.44. The van der Waals surface area contributed by atoms with Crippen molar-refractivity contribution in [2.24, 2.45) is 5.41 Å². The average Bonchev–Trinajstić information content (AvgIpc) is 2.98. The van der Waals surface area contributed by atoms with Crippen molar-refractivity contribution in [3.63, 3.8) is 0 Å². The van der Waals surface area contributed by atoms with E-state index in [1.165, 1.54) is 6.92 Å². The van der Waals surface area contributed by atoms with Gasteiger partial charge in [-0.15, -0.1) is 0 Å². The maximum atomic E-state index is 14.0. The quantitative estimate of drug-likeness (QED) is 0.387. The standard InChI is InChI=1S/C31H34ClN3O4/c1-20(36)33-18-21-9-8-10-22(15-21)29-25-16-23(32)13-14-26(25)35(19-31(2,3)4)30(38)27(39-29)17-28(37)34-24-11-6-5-7-12-24/h5-16,27,29H,17-19H2,1-4H3,(H,33,36)(H,34,37). The molecular formula is C31H34ClN3O4. The molecule has 3 aromatic rings. The van der Waals surface area contributed by atoms with E-state index in [1.807, 2.05) is 54.6 Å². The number of halogens is 1. The van der Waals surface area contributed by atoms with Crippen LogP contribution in [0.25, 0.3) is 0 Å². The van der Waals surface area contributed by atoms with Gasteiger partial charge in [0.05, 0.1) is 6.42 Å². The lowest BCUT2D eigenvalue weighted by atomic mass is 9.94. The van der Waals surface area contributed by atoms with E-state index < -0.39 is 12.2 Å². The van der Waals surface area contributed by atoms with Crippen LogP contribution in [0, 0.1) is 5.41 Å². The summed E-state index contributed by atoms with van der Waals surface area (Å²) >= 11 is 6.46. The van der Waals surface area contributed by atoms with Crippen LogP contribution >= 0.6 is 11.6 Å². The molecule has 0 aromatic heterocycles. The third-order valence-electron chi connectivity index (χ3n) is 6.26. The summed E-state index contributed by atoms with van der Waals surface area (Å²) in [4.78, 5) is 40.3. The molecule has 2 N–H and O–H groups in total. The van der Waals surface area contributed by atoms with Gasteiger partial charge in [-0.3, -0.25) is 14.4 Å². The molecule has 1 aliphatic rings. The first-order chi connectivity index (χ1) is 18.5. The van der Waals surface area contributed by atoms with Crippen LogP contribution in [-0.2, 0) is 25.7 Å². The Balaban J connectivity index is 1.75. The SMILES string of the molecule is CC(=O)NCc1cccc(C2OC(CC(=O)Nc3ccccc3)C(=O)N(CC(C)(C)C)c3ccc(Cl)cc32)c1. The van der Waals surface area contributed by atoms with Gasteiger partial charge in [-0.2, -0.15) is 0 Å². The lowest BCUT2D eigenvalue weighted by Gasteiger charge is -2.31. The van der Waals surface area contributed by atoms with E-state index >= 15 is 0 Å². The molecule has 2 unspecified atom stereocenters. The Morgan fingerprint density at radius 1 is 1.00 bits per heavy atom. The molecule has 2 atom stereocenters. The van der Waals surface area contributed by atoms with Crippen molar-refractivity contribution in [3.05, 3.63) is 94.5 Å². The van der Waals surface area contributed by atoms with Crippen molar-refractivity contribution in [2.75, 3.05) is 16.8 Å². The van der Waals surface area contributed by atoms with E-state index in [1.54, 1.807) is 23.1 Å². The number of amides is 3.